The number of ketones is 1. The van der Waals surface area contributed by atoms with E-state index in [-0.39, 0.29) is 23.1 Å². The third-order valence-electron chi connectivity index (χ3n) is 4.29. The van der Waals surface area contributed by atoms with Crippen LogP contribution in [0.3, 0.4) is 0 Å². The molecule has 0 unspecified atom stereocenters. The van der Waals surface area contributed by atoms with Gasteiger partial charge in [0.05, 0.1) is 26.0 Å². The van der Waals surface area contributed by atoms with Gasteiger partial charge in [0.25, 0.3) is 0 Å². The van der Waals surface area contributed by atoms with Crippen molar-refractivity contribution >= 4 is 17.8 Å². The molecule has 0 fully saturated rings. The minimum absolute atomic E-state index is 0.0770. The first-order chi connectivity index (χ1) is 14.1. The molecule has 2 aromatic carbocycles. The Hall–Kier alpha value is -4.00. The standard InChI is InChI=1S/C22H16O7/c1-25-16-6-3-5-13(21(16)26-2)11-19-20(23)15-9-8-14(12-18(15)29-19)28-22(24)17-7-4-10-27-17/h3-12H,1-2H3/b19-11+. The number of ether oxygens (including phenoxy) is 4. The molecule has 0 bridgehead atoms. The molecule has 0 N–H and O–H groups in total. The summed E-state index contributed by atoms with van der Waals surface area (Å²) in [6.45, 7) is 0. The zero-order chi connectivity index (χ0) is 20.4. The minimum Gasteiger partial charge on any atom is -0.493 e. The van der Waals surface area contributed by atoms with E-state index in [1.165, 1.54) is 38.7 Å². The fraction of sp³-hybridized carbons (Fsp3) is 0.0909. The van der Waals surface area contributed by atoms with Crippen LogP contribution >= 0.6 is 0 Å². The molecule has 29 heavy (non-hydrogen) atoms. The quantitative estimate of drug-likeness (QED) is 0.367. The Bertz CT molecular complexity index is 1110. The number of esters is 1. The van der Waals surface area contributed by atoms with Crippen molar-refractivity contribution in [2.75, 3.05) is 14.2 Å². The molecule has 0 spiro atoms. The number of rotatable bonds is 5. The van der Waals surface area contributed by atoms with Crippen molar-refractivity contribution in [3.63, 3.8) is 0 Å². The van der Waals surface area contributed by atoms with E-state index in [1.807, 2.05) is 0 Å². The Balaban J connectivity index is 1.60. The van der Waals surface area contributed by atoms with E-state index in [0.717, 1.165) is 0 Å². The number of para-hydroxylation sites is 1. The number of carbonyl (C=O) groups is 2. The van der Waals surface area contributed by atoms with Crippen LogP contribution in [-0.4, -0.2) is 26.0 Å². The number of Topliss-reactive ketones (excluding diaryl/α,β-unsaturated/α-hetero) is 1. The van der Waals surface area contributed by atoms with Crippen molar-refractivity contribution in [1.82, 2.24) is 0 Å². The van der Waals surface area contributed by atoms with Crippen molar-refractivity contribution < 1.29 is 33.0 Å². The largest absolute Gasteiger partial charge is 0.493 e. The molecule has 0 saturated carbocycles. The van der Waals surface area contributed by atoms with E-state index >= 15 is 0 Å². The van der Waals surface area contributed by atoms with Gasteiger partial charge in [-0.2, -0.15) is 0 Å². The summed E-state index contributed by atoms with van der Waals surface area (Å²) in [7, 11) is 3.05. The topological polar surface area (TPSA) is 84.2 Å². The van der Waals surface area contributed by atoms with Gasteiger partial charge in [0.1, 0.15) is 11.5 Å². The molecule has 1 aromatic heterocycles. The Morgan fingerprint density at radius 1 is 1.03 bits per heavy atom. The maximum Gasteiger partial charge on any atom is 0.379 e. The lowest BCUT2D eigenvalue weighted by molar-refractivity contribution is 0.0701. The van der Waals surface area contributed by atoms with Gasteiger partial charge in [-0.05, 0) is 36.4 Å². The van der Waals surface area contributed by atoms with Gasteiger partial charge in [0, 0.05) is 11.6 Å². The molecule has 146 valence electrons. The average Bonchev–Trinajstić information content (AvgIpc) is 3.37. The summed E-state index contributed by atoms with van der Waals surface area (Å²) in [6, 6.07) is 13.0. The van der Waals surface area contributed by atoms with Gasteiger partial charge in [0.2, 0.25) is 11.5 Å². The monoisotopic (exact) mass is 392 g/mol. The fourth-order valence-electron chi connectivity index (χ4n) is 2.95. The maximum atomic E-state index is 12.7. The van der Waals surface area contributed by atoms with E-state index in [4.69, 9.17) is 23.4 Å². The normalized spacial score (nSPS) is 13.7. The Morgan fingerprint density at radius 3 is 2.62 bits per heavy atom. The molecule has 1 aliphatic heterocycles. The molecule has 0 aliphatic carbocycles. The number of fused-ring (bicyclic) bond motifs is 1. The highest BCUT2D eigenvalue weighted by Gasteiger charge is 2.28. The van der Waals surface area contributed by atoms with E-state index in [2.05, 4.69) is 0 Å². The van der Waals surface area contributed by atoms with E-state index in [9.17, 15) is 9.59 Å². The minimum atomic E-state index is -0.642. The van der Waals surface area contributed by atoms with Gasteiger partial charge >= 0.3 is 5.97 Å². The number of hydrogen-bond acceptors (Lipinski definition) is 7. The molecule has 1 aliphatic rings. The zero-order valence-electron chi connectivity index (χ0n) is 15.6. The molecule has 7 heteroatoms. The first-order valence-electron chi connectivity index (χ1n) is 8.65. The van der Waals surface area contributed by atoms with Crippen molar-refractivity contribution in [2.24, 2.45) is 0 Å². The van der Waals surface area contributed by atoms with E-state index in [1.54, 1.807) is 36.4 Å². The van der Waals surface area contributed by atoms with E-state index in [0.29, 0.717) is 28.4 Å². The van der Waals surface area contributed by atoms with Gasteiger partial charge in [0.15, 0.2) is 17.3 Å². The van der Waals surface area contributed by atoms with Crippen LogP contribution in [-0.2, 0) is 0 Å². The number of allylic oxidation sites excluding steroid dienone is 1. The highest BCUT2D eigenvalue weighted by molar-refractivity contribution is 6.14. The van der Waals surface area contributed by atoms with Gasteiger partial charge < -0.3 is 23.4 Å². The summed E-state index contributed by atoms with van der Waals surface area (Å²) in [6.07, 6.45) is 2.96. The van der Waals surface area contributed by atoms with Crippen molar-refractivity contribution in [3.8, 4) is 23.0 Å². The molecule has 0 radical (unpaired) electrons. The van der Waals surface area contributed by atoms with Gasteiger partial charge in [-0.25, -0.2) is 4.79 Å². The molecule has 4 rings (SSSR count). The van der Waals surface area contributed by atoms with Crippen LogP contribution in [0.25, 0.3) is 6.08 Å². The molecular weight excluding hydrogens is 376 g/mol. The van der Waals surface area contributed by atoms with Gasteiger partial charge in [-0.1, -0.05) is 12.1 Å². The zero-order valence-corrected chi connectivity index (χ0v) is 15.6. The van der Waals surface area contributed by atoms with Crippen molar-refractivity contribution in [1.29, 1.82) is 0 Å². The lowest BCUT2D eigenvalue weighted by atomic mass is 10.1. The van der Waals surface area contributed by atoms with Crippen LogP contribution in [0.4, 0.5) is 0 Å². The molecule has 0 amide bonds. The second-order valence-electron chi connectivity index (χ2n) is 6.05. The summed E-state index contributed by atoms with van der Waals surface area (Å²) in [5.74, 6) is 0.838. The lowest BCUT2D eigenvalue weighted by Crippen LogP contribution is -2.07. The number of benzene rings is 2. The second kappa shape index (κ2) is 7.55. The first-order valence-corrected chi connectivity index (χ1v) is 8.65. The smallest absolute Gasteiger partial charge is 0.379 e. The molecule has 0 saturated heterocycles. The maximum absolute atomic E-state index is 12.7. The highest BCUT2D eigenvalue weighted by atomic mass is 16.5. The van der Waals surface area contributed by atoms with E-state index < -0.39 is 5.97 Å². The third-order valence-corrected chi connectivity index (χ3v) is 4.29. The predicted molar refractivity (Wildman–Crippen MR) is 103 cm³/mol. The number of hydrogen-bond donors (Lipinski definition) is 0. The molecule has 0 atom stereocenters. The Kier molecular flexibility index (Phi) is 4.78. The number of methoxy groups -OCH3 is 2. The predicted octanol–water partition coefficient (Wildman–Crippen LogP) is 4.13. The number of carbonyl (C=O) groups excluding carboxylic acids is 2. The van der Waals surface area contributed by atoms with Crippen LogP contribution < -0.4 is 18.9 Å². The van der Waals surface area contributed by atoms with Crippen molar-refractivity contribution in [2.45, 2.75) is 0 Å². The number of furan rings is 1. The summed E-state index contributed by atoms with van der Waals surface area (Å²) < 4.78 is 26.6. The summed E-state index contributed by atoms with van der Waals surface area (Å²) in [5, 5.41) is 0. The average molecular weight is 392 g/mol. The van der Waals surface area contributed by atoms with Crippen LogP contribution in [0.1, 0.15) is 26.5 Å². The Morgan fingerprint density at radius 2 is 1.90 bits per heavy atom. The second-order valence-corrected chi connectivity index (χ2v) is 6.05. The van der Waals surface area contributed by atoms with Crippen LogP contribution in [0.2, 0.25) is 0 Å². The summed E-state index contributed by atoms with van der Waals surface area (Å²) in [4.78, 5) is 24.7. The van der Waals surface area contributed by atoms with Crippen LogP contribution in [0.15, 0.2) is 65.0 Å². The molecule has 7 nitrogen and oxygen atoms in total. The summed E-state index contributed by atoms with van der Waals surface area (Å²) in [5.41, 5.74) is 1.00. The first kappa shape index (κ1) is 18.4. The Labute approximate surface area is 166 Å². The molecular formula is C22H16O7. The van der Waals surface area contributed by atoms with Crippen LogP contribution in [0.5, 0.6) is 23.0 Å². The van der Waals surface area contributed by atoms with Crippen LogP contribution in [0, 0.1) is 0 Å². The molecule has 2 heterocycles. The lowest BCUT2D eigenvalue weighted by Gasteiger charge is -2.10. The SMILES string of the molecule is COc1cccc(/C=C2/Oc3cc(OC(=O)c4ccco4)ccc3C2=O)c1OC. The fourth-order valence-corrected chi connectivity index (χ4v) is 2.95. The third kappa shape index (κ3) is 3.45. The highest BCUT2D eigenvalue weighted by Crippen LogP contribution is 2.37. The molecule has 3 aromatic rings. The van der Waals surface area contributed by atoms with Gasteiger partial charge in [-0.15, -0.1) is 0 Å². The van der Waals surface area contributed by atoms with Crippen molar-refractivity contribution in [3.05, 3.63) is 77.4 Å². The van der Waals surface area contributed by atoms with Gasteiger partial charge in [-0.3, -0.25) is 4.79 Å². The summed E-state index contributed by atoms with van der Waals surface area (Å²) >= 11 is 0.